The molecule has 0 aromatic rings. The van der Waals surface area contributed by atoms with E-state index in [1.165, 1.54) is 116 Å². The molecule has 0 saturated carbocycles. The van der Waals surface area contributed by atoms with Gasteiger partial charge in [0, 0.05) is 6.42 Å². The van der Waals surface area contributed by atoms with Crippen LogP contribution in [0.15, 0.2) is 48.8 Å². The van der Waals surface area contributed by atoms with Gasteiger partial charge in [-0.3, -0.25) is 9.36 Å². The van der Waals surface area contributed by atoms with E-state index in [0.717, 1.165) is 51.4 Å². The maximum absolute atomic E-state index is 12.7. The number of quaternary nitrogens is 1. The van der Waals surface area contributed by atoms with Crippen molar-refractivity contribution in [2.75, 3.05) is 47.5 Å². The molecule has 9 heteroatoms. The van der Waals surface area contributed by atoms with Crippen LogP contribution in [0.25, 0.3) is 0 Å². The number of phosphoric acid groups is 1. The number of phosphoric ester groups is 1. The molecule has 55 heavy (non-hydrogen) atoms. The summed E-state index contributed by atoms with van der Waals surface area (Å²) in [5.41, 5.74) is 0. The minimum atomic E-state index is -4.55. The molecule has 0 amide bonds. The Morgan fingerprint density at radius 1 is 0.582 bits per heavy atom. The van der Waals surface area contributed by atoms with E-state index in [1.54, 1.807) is 6.26 Å². The Morgan fingerprint density at radius 3 is 1.55 bits per heavy atom. The van der Waals surface area contributed by atoms with Gasteiger partial charge in [0.15, 0.2) is 6.10 Å². The molecule has 0 saturated heterocycles. The fraction of sp³-hybridized carbons (Fsp3) is 0.804. The highest BCUT2D eigenvalue weighted by Gasteiger charge is 2.20. The average Bonchev–Trinajstić information content (AvgIpc) is 3.13. The highest BCUT2D eigenvalue weighted by molar-refractivity contribution is 7.45. The standard InChI is InChI=1S/C46H86NO7P/c1-6-8-10-12-14-16-18-20-22-24-25-27-29-31-33-35-37-39-46(48)54-45(44-53-55(49,50)52-42-40-47(3,4)5)43-51-41-38-36-34-32-30-28-26-23-21-19-17-15-13-11-9-7-2/h14,16,20-23,38,41,45H,6-13,15,17-19,24-37,39-40,42-44H2,1-5H3/b16-14-,22-20-,23-21-,41-38-/t45-/m1/s1. The minimum Gasteiger partial charge on any atom is -0.756 e. The summed E-state index contributed by atoms with van der Waals surface area (Å²) in [6.07, 6.45) is 47.8. The summed E-state index contributed by atoms with van der Waals surface area (Å²) < 4.78 is 34.3. The van der Waals surface area contributed by atoms with Crippen LogP contribution < -0.4 is 4.89 Å². The Labute approximate surface area is 339 Å². The van der Waals surface area contributed by atoms with Gasteiger partial charge in [-0.2, -0.15) is 0 Å². The number of hydrogen-bond donors (Lipinski definition) is 0. The molecule has 1 unspecified atom stereocenters. The summed E-state index contributed by atoms with van der Waals surface area (Å²) in [5.74, 6) is -0.368. The second-order valence-electron chi connectivity index (χ2n) is 16.1. The second kappa shape index (κ2) is 39.1. The third-order valence-electron chi connectivity index (χ3n) is 9.42. The fourth-order valence-corrected chi connectivity index (χ4v) is 6.62. The molecule has 2 atom stereocenters. The topological polar surface area (TPSA) is 94.1 Å². The molecule has 0 aliphatic rings. The molecular formula is C46H86NO7P. The molecule has 0 fully saturated rings. The molecule has 0 bridgehead atoms. The summed E-state index contributed by atoms with van der Waals surface area (Å²) in [6, 6.07) is 0. The zero-order chi connectivity index (χ0) is 40.6. The summed E-state index contributed by atoms with van der Waals surface area (Å²) in [6.45, 7) is 4.68. The molecule has 0 N–H and O–H groups in total. The molecule has 8 nitrogen and oxygen atoms in total. The first kappa shape index (κ1) is 53.3. The summed E-state index contributed by atoms with van der Waals surface area (Å²) in [7, 11) is 1.31. The number of ether oxygens (including phenoxy) is 2. The van der Waals surface area contributed by atoms with Crippen LogP contribution in [0.5, 0.6) is 0 Å². The van der Waals surface area contributed by atoms with E-state index in [9.17, 15) is 14.3 Å². The van der Waals surface area contributed by atoms with Gasteiger partial charge in [0.2, 0.25) is 0 Å². The van der Waals surface area contributed by atoms with Crippen LogP contribution in [-0.4, -0.2) is 64.1 Å². The van der Waals surface area contributed by atoms with Crippen molar-refractivity contribution in [3.8, 4) is 0 Å². The molecule has 0 aliphatic carbocycles. The first-order valence-electron chi connectivity index (χ1n) is 22.4. The lowest BCUT2D eigenvalue weighted by atomic mass is 10.1. The number of unbranched alkanes of at least 4 members (excludes halogenated alkanes) is 21. The Balaban J connectivity index is 4.31. The largest absolute Gasteiger partial charge is 0.756 e. The molecule has 0 aromatic carbocycles. The molecule has 0 heterocycles. The predicted octanol–water partition coefficient (Wildman–Crippen LogP) is 12.9. The number of esters is 1. The van der Waals surface area contributed by atoms with E-state index >= 15 is 0 Å². The van der Waals surface area contributed by atoms with Gasteiger partial charge in [-0.1, -0.05) is 140 Å². The van der Waals surface area contributed by atoms with Crippen molar-refractivity contribution in [3.63, 3.8) is 0 Å². The second-order valence-corrected chi connectivity index (χ2v) is 17.5. The van der Waals surface area contributed by atoms with Gasteiger partial charge in [0.05, 0.1) is 34.0 Å². The van der Waals surface area contributed by atoms with Gasteiger partial charge in [-0.15, -0.1) is 0 Å². The van der Waals surface area contributed by atoms with Crippen molar-refractivity contribution in [3.05, 3.63) is 48.8 Å². The third kappa shape index (κ3) is 43.3. The first-order valence-corrected chi connectivity index (χ1v) is 23.9. The van der Waals surface area contributed by atoms with Crippen molar-refractivity contribution < 1.29 is 37.3 Å². The molecule has 0 spiro atoms. The van der Waals surface area contributed by atoms with Crippen LogP contribution in [0.1, 0.15) is 187 Å². The zero-order valence-corrected chi connectivity index (χ0v) is 37.3. The smallest absolute Gasteiger partial charge is 0.306 e. The molecule has 322 valence electrons. The number of rotatable bonds is 41. The Kier molecular flexibility index (Phi) is 37.9. The van der Waals surface area contributed by atoms with Gasteiger partial charge < -0.3 is 27.9 Å². The molecular weight excluding hydrogens is 709 g/mol. The van der Waals surface area contributed by atoms with Crippen LogP contribution in [0, 0.1) is 0 Å². The lowest BCUT2D eigenvalue weighted by Gasteiger charge is -2.28. The van der Waals surface area contributed by atoms with Gasteiger partial charge in [0.25, 0.3) is 7.82 Å². The number of allylic oxidation sites excluding steroid dienone is 7. The predicted molar refractivity (Wildman–Crippen MR) is 231 cm³/mol. The third-order valence-corrected chi connectivity index (χ3v) is 10.4. The lowest BCUT2D eigenvalue weighted by Crippen LogP contribution is -2.37. The van der Waals surface area contributed by atoms with E-state index in [2.05, 4.69) is 50.3 Å². The van der Waals surface area contributed by atoms with E-state index < -0.39 is 13.9 Å². The van der Waals surface area contributed by atoms with Crippen molar-refractivity contribution in [2.24, 2.45) is 0 Å². The molecule has 0 aromatic heterocycles. The number of hydrogen-bond acceptors (Lipinski definition) is 7. The summed E-state index contributed by atoms with van der Waals surface area (Å²) in [4.78, 5) is 25.0. The van der Waals surface area contributed by atoms with E-state index in [0.29, 0.717) is 11.0 Å². The van der Waals surface area contributed by atoms with Crippen LogP contribution >= 0.6 is 7.82 Å². The van der Waals surface area contributed by atoms with Crippen molar-refractivity contribution in [1.29, 1.82) is 0 Å². The summed E-state index contributed by atoms with van der Waals surface area (Å²) >= 11 is 0. The number of carbonyl (C=O) groups is 1. The first-order chi connectivity index (χ1) is 26.6. The Hall–Kier alpha value is -1.70. The number of carbonyl (C=O) groups excluding carboxylic acids is 1. The van der Waals surface area contributed by atoms with Gasteiger partial charge in [0.1, 0.15) is 19.8 Å². The molecule has 0 rings (SSSR count). The average molecular weight is 796 g/mol. The number of likely N-dealkylation sites (N-methyl/N-ethyl adjacent to an activating group) is 1. The van der Waals surface area contributed by atoms with Crippen molar-refractivity contribution in [2.45, 2.75) is 193 Å². The fourth-order valence-electron chi connectivity index (χ4n) is 5.89. The number of nitrogens with zero attached hydrogens (tertiary/aromatic N) is 1. The molecule has 0 aliphatic heterocycles. The summed E-state index contributed by atoms with van der Waals surface area (Å²) in [5, 5.41) is 0. The van der Waals surface area contributed by atoms with E-state index in [1.807, 2.05) is 27.2 Å². The van der Waals surface area contributed by atoms with Crippen LogP contribution in [0.4, 0.5) is 0 Å². The maximum atomic E-state index is 12.7. The van der Waals surface area contributed by atoms with Crippen LogP contribution in [0.3, 0.4) is 0 Å². The molecule has 0 radical (unpaired) electrons. The van der Waals surface area contributed by atoms with Crippen LogP contribution in [0.2, 0.25) is 0 Å². The van der Waals surface area contributed by atoms with E-state index in [4.69, 9.17) is 18.5 Å². The van der Waals surface area contributed by atoms with E-state index in [-0.39, 0.29) is 32.2 Å². The quantitative estimate of drug-likeness (QED) is 0.0152. The normalized spacial score (nSPS) is 14.1. The van der Waals surface area contributed by atoms with Crippen molar-refractivity contribution >= 4 is 13.8 Å². The van der Waals surface area contributed by atoms with Crippen LogP contribution in [-0.2, 0) is 27.9 Å². The highest BCUT2D eigenvalue weighted by Crippen LogP contribution is 2.38. The Morgan fingerprint density at radius 2 is 1.02 bits per heavy atom. The highest BCUT2D eigenvalue weighted by atomic mass is 31.2. The monoisotopic (exact) mass is 796 g/mol. The lowest BCUT2D eigenvalue weighted by molar-refractivity contribution is -0.870. The van der Waals surface area contributed by atoms with Gasteiger partial charge in [-0.25, -0.2) is 0 Å². The van der Waals surface area contributed by atoms with Gasteiger partial charge in [-0.05, 0) is 83.1 Å². The van der Waals surface area contributed by atoms with Crippen molar-refractivity contribution in [1.82, 2.24) is 0 Å². The maximum Gasteiger partial charge on any atom is 0.306 e. The van der Waals surface area contributed by atoms with Gasteiger partial charge >= 0.3 is 5.97 Å². The zero-order valence-electron chi connectivity index (χ0n) is 36.4. The SMILES string of the molecule is CCCCC/C=C\C/C=C\CCCCCCCCCC(=O)O[C@H](CO/C=C\CCCCCC/C=C\CCCCCCCC)COP(=O)([O-])OCC[N+](C)(C)C. The minimum absolute atomic E-state index is 0.0110. The Bertz CT molecular complexity index is 1020.